The van der Waals surface area contributed by atoms with Gasteiger partial charge in [0.15, 0.2) is 0 Å². The highest BCUT2D eigenvalue weighted by Gasteiger charge is 2.19. The summed E-state index contributed by atoms with van der Waals surface area (Å²) in [6.07, 6.45) is 4.41. The van der Waals surface area contributed by atoms with E-state index in [0.717, 1.165) is 11.8 Å². The largest absolute Gasteiger partial charge is 0.316 e. The quantitative estimate of drug-likeness (QED) is 0.619. The fourth-order valence-electron chi connectivity index (χ4n) is 1.68. The van der Waals surface area contributed by atoms with Crippen LogP contribution in [0.15, 0.2) is 0 Å². The molecule has 1 heterocycles. The summed E-state index contributed by atoms with van der Waals surface area (Å²) in [5.74, 6) is 1.94. The molecule has 0 bridgehead atoms. The van der Waals surface area contributed by atoms with Gasteiger partial charge in [0, 0.05) is 19.6 Å². The van der Waals surface area contributed by atoms with Gasteiger partial charge in [0.2, 0.25) is 0 Å². The summed E-state index contributed by atoms with van der Waals surface area (Å²) in [5.41, 5.74) is 0. The molecule has 11 heavy (non-hydrogen) atoms. The Morgan fingerprint density at radius 1 is 1.09 bits per heavy atom. The molecule has 2 aliphatic rings. The van der Waals surface area contributed by atoms with E-state index in [1.54, 1.807) is 0 Å². The number of rotatable bonds is 4. The zero-order chi connectivity index (χ0) is 7.52. The number of nitrogens with one attached hydrogen (secondary N) is 2. The monoisotopic (exact) mass is 154 g/mol. The van der Waals surface area contributed by atoms with Crippen molar-refractivity contribution in [3.63, 3.8) is 0 Å². The fraction of sp³-hybridized carbons (Fsp3) is 1.00. The summed E-state index contributed by atoms with van der Waals surface area (Å²) >= 11 is 0. The molecule has 0 aromatic carbocycles. The summed E-state index contributed by atoms with van der Waals surface area (Å²) in [6.45, 7) is 4.98. The molecule has 1 saturated heterocycles. The molecule has 0 radical (unpaired) electrons. The van der Waals surface area contributed by atoms with Crippen molar-refractivity contribution in [2.45, 2.75) is 19.3 Å². The van der Waals surface area contributed by atoms with Gasteiger partial charge in [-0.1, -0.05) is 6.42 Å². The van der Waals surface area contributed by atoms with Gasteiger partial charge in [0.25, 0.3) is 0 Å². The first-order valence-electron chi connectivity index (χ1n) is 4.86. The molecule has 1 aliphatic carbocycles. The zero-order valence-electron chi connectivity index (χ0n) is 7.10. The standard InChI is InChI=1S/C9H18N2/c1-2-8(3-1)4-10-5-9-6-11-7-9/h8-11H,1-7H2. The molecule has 1 saturated carbocycles. The Kier molecular flexibility index (Phi) is 2.44. The van der Waals surface area contributed by atoms with E-state index >= 15 is 0 Å². The second-order valence-electron chi connectivity index (χ2n) is 3.98. The van der Waals surface area contributed by atoms with Gasteiger partial charge in [-0.25, -0.2) is 0 Å². The molecule has 0 aromatic heterocycles. The molecule has 2 fully saturated rings. The smallest absolute Gasteiger partial charge is 0.000394 e. The predicted molar refractivity (Wildman–Crippen MR) is 46.6 cm³/mol. The molecule has 0 atom stereocenters. The normalized spacial score (nSPS) is 26.2. The van der Waals surface area contributed by atoms with Gasteiger partial charge in [0.05, 0.1) is 0 Å². The molecular formula is C9H18N2. The molecule has 0 unspecified atom stereocenters. The van der Waals surface area contributed by atoms with E-state index in [0.29, 0.717) is 0 Å². The van der Waals surface area contributed by atoms with Crippen LogP contribution in [0.2, 0.25) is 0 Å². The van der Waals surface area contributed by atoms with Gasteiger partial charge in [-0.15, -0.1) is 0 Å². The molecule has 2 N–H and O–H groups in total. The highest BCUT2D eigenvalue weighted by atomic mass is 15.0. The molecule has 0 spiro atoms. The van der Waals surface area contributed by atoms with Crippen molar-refractivity contribution in [2.75, 3.05) is 26.2 Å². The lowest BCUT2D eigenvalue weighted by Gasteiger charge is -2.30. The van der Waals surface area contributed by atoms with E-state index in [1.807, 2.05) is 0 Å². The van der Waals surface area contributed by atoms with E-state index in [9.17, 15) is 0 Å². The van der Waals surface area contributed by atoms with Gasteiger partial charge >= 0.3 is 0 Å². The first-order valence-corrected chi connectivity index (χ1v) is 4.86. The Morgan fingerprint density at radius 2 is 1.82 bits per heavy atom. The van der Waals surface area contributed by atoms with Crippen LogP contribution in [-0.2, 0) is 0 Å². The van der Waals surface area contributed by atoms with E-state index in [4.69, 9.17) is 0 Å². The van der Waals surface area contributed by atoms with Crippen LogP contribution in [0.1, 0.15) is 19.3 Å². The van der Waals surface area contributed by atoms with Crippen molar-refractivity contribution < 1.29 is 0 Å². The first-order chi connectivity index (χ1) is 5.45. The average Bonchev–Trinajstić information content (AvgIpc) is 1.79. The van der Waals surface area contributed by atoms with Crippen molar-refractivity contribution in [3.05, 3.63) is 0 Å². The molecule has 1 aliphatic heterocycles. The van der Waals surface area contributed by atoms with Crippen molar-refractivity contribution in [1.82, 2.24) is 10.6 Å². The van der Waals surface area contributed by atoms with Crippen LogP contribution in [-0.4, -0.2) is 26.2 Å². The summed E-state index contributed by atoms with van der Waals surface area (Å²) in [7, 11) is 0. The molecule has 2 nitrogen and oxygen atoms in total. The van der Waals surface area contributed by atoms with Gasteiger partial charge in [-0.05, 0) is 31.2 Å². The molecular weight excluding hydrogens is 136 g/mol. The third kappa shape index (κ3) is 1.94. The molecule has 2 heteroatoms. The SMILES string of the molecule is C1CC(CNCC2CNC2)C1. The van der Waals surface area contributed by atoms with Crippen LogP contribution in [0.4, 0.5) is 0 Å². The summed E-state index contributed by atoms with van der Waals surface area (Å²) in [6, 6.07) is 0. The van der Waals surface area contributed by atoms with Crippen molar-refractivity contribution in [3.8, 4) is 0 Å². The van der Waals surface area contributed by atoms with Crippen LogP contribution < -0.4 is 10.6 Å². The predicted octanol–water partition coefficient (Wildman–Crippen LogP) is 0.595. The van der Waals surface area contributed by atoms with E-state index in [1.165, 1.54) is 45.4 Å². The molecule has 0 aromatic rings. The Labute approximate surface area is 68.7 Å². The molecule has 0 amide bonds. The Hall–Kier alpha value is -0.0800. The van der Waals surface area contributed by atoms with E-state index < -0.39 is 0 Å². The minimum Gasteiger partial charge on any atom is -0.316 e. The highest BCUT2D eigenvalue weighted by molar-refractivity contribution is 4.78. The molecule has 2 rings (SSSR count). The van der Waals surface area contributed by atoms with Gasteiger partial charge in [-0.3, -0.25) is 0 Å². The second kappa shape index (κ2) is 3.55. The Balaban J connectivity index is 1.46. The summed E-state index contributed by atoms with van der Waals surface area (Å²) < 4.78 is 0. The van der Waals surface area contributed by atoms with Crippen molar-refractivity contribution in [1.29, 1.82) is 0 Å². The maximum absolute atomic E-state index is 3.55. The number of hydrogen-bond acceptors (Lipinski definition) is 2. The van der Waals surface area contributed by atoms with Crippen LogP contribution in [0.3, 0.4) is 0 Å². The summed E-state index contributed by atoms with van der Waals surface area (Å²) in [4.78, 5) is 0. The van der Waals surface area contributed by atoms with E-state index in [2.05, 4.69) is 10.6 Å². The Bertz CT molecular complexity index is 103. The third-order valence-corrected chi connectivity index (χ3v) is 2.96. The topological polar surface area (TPSA) is 24.1 Å². The maximum atomic E-state index is 3.55. The van der Waals surface area contributed by atoms with Crippen LogP contribution in [0.25, 0.3) is 0 Å². The minimum absolute atomic E-state index is 0.926. The maximum Gasteiger partial charge on any atom is 0.000394 e. The fourth-order valence-corrected chi connectivity index (χ4v) is 1.68. The third-order valence-electron chi connectivity index (χ3n) is 2.96. The van der Waals surface area contributed by atoms with Crippen LogP contribution >= 0.6 is 0 Å². The van der Waals surface area contributed by atoms with Gasteiger partial charge in [-0.2, -0.15) is 0 Å². The van der Waals surface area contributed by atoms with Crippen molar-refractivity contribution in [2.24, 2.45) is 11.8 Å². The van der Waals surface area contributed by atoms with E-state index in [-0.39, 0.29) is 0 Å². The zero-order valence-corrected chi connectivity index (χ0v) is 7.10. The van der Waals surface area contributed by atoms with Crippen LogP contribution in [0, 0.1) is 11.8 Å². The first kappa shape index (κ1) is 7.56. The summed E-state index contributed by atoms with van der Waals surface area (Å²) in [5, 5.41) is 6.84. The highest BCUT2D eigenvalue weighted by Crippen LogP contribution is 2.25. The van der Waals surface area contributed by atoms with Crippen molar-refractivity contribution >= 4 is 0 Å². The van der Waals surface area contributed by atoms with Crippen LogP contribution in [0.5, 0.6) is 0 Å². The van der Waals surface area contributed by atoms with Gasteiger partial charge < -0.3 is 10.6 Å². The minimum atomic E-state index is 0.926. The lowest BCUT2D eigenvalue weighted by molar-refractivity contribution is 0.274. The average molecular weight is 154 g/mol. The lowest BCUT2D eigenvalue weighted by atomic mass is 9.85. The second-order valence-corrected chi connectivity index (χ2v) is 3.98. The number of hydrogen-bond donors (Lipinski definition) is 2. The van der Waals surface area contributed by atoms with Gasteiger partial charge in [0.1, 0.15) is 0 Å². The molecule has 64 valence electrons. The Morgan fingerprint density at radius 3 is 2.27 bits per heavy atom. The lowest BCUT2D eigenvalue weighted by Crippen LogP contribution is -2.48.